The van der Waals surface area contributed by atoms with Crippen LogP contribution in [0.1, 0.15) is 15.4 Å². The summed E-state index contributed by atoms with van der Waals surface area (Å²) in [5.74, 6) is -0.152. The number of hydrogen-bond donors (Lipinski definition) is 0. The summed E-state index contributed by atoms with van der Waals surface area (Å²) in [6.07, 6.45) is -0.0781. The van der Waals surface area contributed by atoms with Gasteiger partial charge in [-0.15, -0.1) is 11.3 Å². The van der Waals surface area contributed by atoms with Gasteiger partial charge >= 0.3 is 5.63 Å². The normalized spacial score (nSPS) is 10.8. The molecule has 0 aliphatic heterocycles. The van der Waals surface area contributed by atoms with E-state index in [1.54, 1.807) is 30.3 Å². The summed E-state index contributed by atoms with van der Waals surface area (Å²) in [5, 5.41) is 2.30. The largest absolute Gasteiger partial charge is 0.420 e. The van der Waals surface area contributed by atoms with E-state index >= 15 is 0 Å². The van der Waals surface area contributed by atoms with Crippen molar-refractivity contribution in [1.29, 1.82) is 0 Å². The molecule has 1 aromatic carbocycles. The van der Waals surface area contributed by atoms with Crippen molar-refractivity contribution in [3.63, 3.8) is 0 Å². The highest BCUT2D eigenvalue weighted by Gasteiger charge is 2.14. The molecule has 0 spiro atoms. The van der Waals surface area contributed by atoms with Crippen molar-refractivity contribution in [1.82, 2.24) is 4.98 Å². The molecule has 3 rings (SSSR count). The molecule has 0 aliphatic rings. The summed E-state index contributed by atoms with van der Waals surface area (Å²) in [6.45, 7) is 0. The number of benzene rings is 1. The zero-order chi connectivity index (χ0) is 14.1. The molecule has 6 heteroatoms. The van der Waals surface area contributed by atoms with E-state index in [2.05, 4.69) is 4.98 Å². The van der Waals surface area contributed by atoms with Gasteiger partial charge in [-0.05, 0) is 29.6 Å². The average Bonchev–Trinajstić information content (AvgIpc) is 2.94. The second-order valence-corrected chi connectivity index (χ2v) is 5.52. The number of nitrogens with zero attached hydrogens (tertiary/aromatic N) is 1. The predicted octanol–water partition coefficient (Wildman–Crippen LogP) is 3.33. The Bertz CT molecular complexity index is 839. The second kappa shape index (κ2) is 5.19. The van der Waals surface area contributed by atoms with Gasteiger partial charge in [0.1, 0.15) is 11.2 Å². The number of ketones is 1. The molecule has 0 atom stereocenters. The summed E-state index contributed by atoms with van der Waals surface area (Å²) >= 11 is 7.20. The fourth-order valence-corrected chi connectivity index (χ4v) is 2.63. The number of halogens is 1. The van der Waals surface area contributed by atoms with E-state index in [1.807, 2.05) is 5.38 Å². The van der Waals surface area contributed by atoms with Crippen LogP contribution in [-0.2, 0) is 6.42 Å². The molecule has 100 valence electrons. The van der Waals surface area contributed by atoms with Gasteiger partial charge in [0.2, 0.25) is 0 Å². The lowest BCUT2D eigenvalue weighted by molar-refractivity contribution is 0.0994. The van der Waals surface area contributed by atoms with E-state index in [4.69, 9.17) is 16.0 Å². The van der Waals surface area contributed by atoms with Gasteiger partial charge < -0.3 is 4.42 Å². The molecule has 4 nitrogen and oxygen atoms in total. The number of carbonyl (C=O) groups is 1. The predicted molar refractivity (Wildman–Crippen MR) is 77.6 cm³/mol. The highest BCUT2D eigenvalue weighted by Crippen LogP contribution is 2.17. The first-order valence-corrected chi connectivity index (χ1v) is 7.05. The maximum atomic E-state index is 12.0. The van der Waals surface area contributed by atoms with Crippen LogP contribution in [0.4, 0.5) is 0 Å². The lowest BCUT2D eigenvalue weighted by atomic mass is 10.2. The van der Waals surface area contributed by atoms with E-state index in [-0.39, 0.29) is 17.9 Å². The SMILES string of the molecule is O=C(Cc1nc2cc(Cl)ccc2oc1=O)c1cccs1. The van der Waals surface area contributed by atoms with E-state index in [1.165, 1.54) is 11.3 Å². The molecule has 3 aromatic rings. The summed E-state index contributed by atoms with van der Waals surface area (Å²) in [6, 6.07) is 8.29. The van der Waals surface area contributed by atoms with Crippen molar-refractivity contribution in [2.75, 3.05) is 0 Å². The molecular formula is C14H8ClNO3S. The molecule has 0 fully saturated rings. The zero-order valence-corrected chi connectivity index (χ0v) is 11.7. The Kier molecular flexibility index (Phi) is 3.38. The average molecular weight is 306 g/mol. The van der Waals surface area contributed by atoms with Crippen LogP contribution in [0.5, 0.6) is 0 Å². The first-order valence-electron chi connectivity index (χ1n) is 5.79. The van der Waals surface area contributed by atoms with Crippen molar-refractivity contribution in [2.24, 2.45) is 0 Å². The van der Waals surface area contributed by atoms with Crippen molar-refractivity contribution in [2.45, 2.75) is 6.42 Å². The third kappa shape index (κ3) is 2.50. The van der Waals surface area contributed by atoms with E-state index in [0.29, 0.717) is 21.0 Å². The molecule has 2 heterocycles. The summed E-state index contributed by atoms with van der Waals surface area (Å²) in [4.78, 5) is 28.6. The Morgan fingerprint density at radius 2 is 2.20 bits per heavy atom. The number of aromatic nitrogens is 1. The fourth-order valence-electron chi connectivity index (χ4n) is 1.80. The molecule has 0 aliphatic carbocycles. The molecule has 20 heavy (non-hydrogen) atoms. The van der Waals surface area contributed by atoms with Crippen LogP contribution >= 0.6 is 22.9 Å². The minimum Gasteiger partial charge on any atom is -0.420 e. The van der Waals surface area contributed by atoms with Crippen molar-refractivity contribution >= 4 is 39.8 Å². The van der Waals surface area contributed by atoms with Crippen LogP contribution in [0.2, 0.25) is 5.02 Å². The Morgan fingerprint density at radius 3 is 2.95 bits per heavy atom. The number of rotatable bonds is 3. The maximum absolute atomic E-state index is 12.0. The Balaban J connectivity index is 2.01. The Labute approximate surface area is 122 Å². The molecule has 0 N–H and O–H groups in total. The lowest BCUT2D eigenvalue weighted by Crippen LogP contribution is -2.15. The third-order valence-corrected chi connectivity index (χ3v) is 3.88. The standard InChI is InChI=1S/C14H8ClNO3S/c15-8-3-4-12-9(6-8)16-10(14(18)19-12)7-11(17)13-2-1-5-20-13/h1-6H,7H2. The van der Waals surface area contributed by atoms with Crippen molar-refractivity contribution in [3.05, 3.63) is 61.7 Å². The van der Waals surface area contributed by atoms with Crippen LogP contribution in [0.25, 0.3) is 11.1 Å². The molecule has 0 saturated heterocycles. The number of hydrogen-bond acceptors (Lipinski definition) is 5. The topological polar surface area (TPSA) is 60.2 Å². The van der Waals surface area contributed by atoms with Crippen LogP contribution in [0.15, 0.2) is 44.9 Å². The van der Waals surface area contributed by atoms with Crippen LogP contribution in [0, 0.1) is 0 Å². The van der Waals surface area contributed by atoms with Crippen LogP contribution in [0.3, 0.4) is 0 Å². The van der Waals surface area contributed by atoms with Gasteiger partial charge in [0.05, 0.1) is 11.3 Å². The molecule has 0 unspecified atom stereocenters. The van der Waals surface area contributed by atoms with E-state index < -0.39 is 5.63 Å². The third-order valence-electron chi connectivity index (χ3n) is 2.74. The van der Waals surface area contributed by atoms with Gasteiger partial charge in [-0.1, -0.05) is 17.7 Å². The Hall–Kier alpha value is -1.98. The van der Waals surface area contributed by atoms with Gasteiger partial charge in [0.15, 0.2) is 11.4 Å². The van der Waals surface area contributed by atoms with Crippen molar-refractivity contribution < 1.29 is 9.21 Å². The quantitative estimate of drug-likeness (QED) is 0.696. The summed E-state index contributed by atoms with van der Waals surface area (Å²) in [5.41, 5.74) is 0.320. The van der Waals surface area contributed by atoms with E-state index in [9.17, 15) is 9.59 Å². The molecular weight excluding hydrogens is 298 g/mol. The molecule has 0 radical (unpaired) electrons. The van der Waals surface area contributed by atoms with Gasteiger partial charge in [-0.25, -0.2) is 9.78 Å². The van der Waals surface area contributed by atoms with Gasteiger partial charge in [-0.3, -0.25) is 4.79 Å². The maximum Gasteiger partial charge on any atom is 0.358 e. The first kappa shape index (κ1) is 13.0. The minimum absolute atomic E-state index is 0.0781. The fraction of sp³-hybridized carbons (Fsp3) is 0.0714. The van der Waals surface area contributed by atoms with Crippen molar-refractivity contribution in [3.8, 4) is 0 Å². The number of fused-ring (bicyclic) bond motifs is 1. The van der Waals surface area contributed by atoms with Crippen LogP contribution < -0.4 is 5.63 Å². The highest BCUT2D eigenvalue weighted by molar-refractivity contribution is 7.12. The van der Waals surface area contributed by atoms with E-state index in [0.717, 1.165) is 0 Å². The van der Waals surface area contributed by atoms with Crippen LogP contribution in [-0.4, -0.2) is 10.8 Å². The highest BCUT2D eigenvalue weighted by atomic mass is 35.5. The lowest BCUT2D eigenvalue weighted by Gasteiger charge is -2.00. The smallest absolute Gasteiger partial charge is 0.358 e. The first-order chi connectivity index (χ1) is 9.63. The summed E-state index contributed by atoms with van der Waals surface area (Å²) < 4.78 is 5.14. The monoisotopic (exact) mass is 305 g/mol. The number of carbonyl (C=O) groups excluding carboxylic acids is 1. The van der Waals surface area contributed by atoms with Gasteiger partial charge in [0.25, 0.3) is 0 Å². The molecule has 0 saturated carbocycles. The molecule has 0 bridgehead atoms. The minimum atomic E-state index is -0.593. The second-order valence-electron chi connectivity index (χ2n) is 4.14. The summed E-state index contributed by atoms with van der Waals surface area (Å²) in [7, 11) is 0. The van der Waals surface area contributed by atoms with Gasteiger partial charge in [-0.2, -0.15) is 0 Å². The number of Topliss-reactive ketones (excluding diaryl/α,β-unsaturated/α-hetero) is 1. The Morgan fingerprint density at radius 1 is 1.35 bits per heavy atom. The van der Waals surface area contributed by atoms with Gasteiger partial charge in [0, 0.05) is 5.02 Å². The zero-order valence-electron chi connectivity index (χ0n) is 10.1. The number of thiophene rings is 1. The molecule has 0 amide bonds. The molecule has 2 aromatic heterocycles.